The van der Waals surface area contributed by atoms with E-state index in [1.807, 2.05) is 17.0 Å². The van der Waals surface area contributed by atoms with Crippen LogP contribution < -0.4 is 10.5 Å². The zero-order valence-electron chi connectivity index (χ0n) is 23.3. The highest BCUT2D eigenvalue weighted by Crippen LogP contribution is 2.40. The van der Waals surface area contributed by atoms with E-state index in [9.17, 15) is 4.79 Å². The van der Waals surface area contributed by atoms with Crippen molar-refractivity contribution in [1.82, 2.24) is 19.0 Å². The number of carbonyl (C=O) groups excluding carboxylic acids is 1. The number of nitrogens with zero attached hydrogens (tertiary/aromatic N) is 4. The molecule has 7 heteroatoms. The Kier molecular flexibility index (Phi) is 5.96. The molecule has 3 atom stereocenters. The zero-order valence-corrected chi connectivity index (χ0v) is 23.3. The second-order valence-electron chi connectivity index (χ2n) is 12.1. The van der Waals surface area contributed by atoms with Gasteiger partial charge in [-0.05, 0) is 74.1 Å². The quantitative estimate of drug-likeness (QED) is 0.345. The summed E-state index contributed by atoms with van der Waals surface area (Å²) in [6.45, 7) is 4.01. The smallest absolute Gasteiger partial charge is 0.254 e. The normalized spacial score (nSPS) is 22.8. The number of amides is 1. The van der Waals surface area contributed by atoms with Crippen LogP contribution in [0.5, 0.6) is 5.75 Å². The van der Waals surface area contributed by atoms with Gasteiger partial charge in [-0.1, -0.05) is 31.5 Å². The molecule has 2 aromatic heterocycles. The predicted molar refractivity (Wildman–Crippen MR) is 155 cm³/mol. The number of fused-ring (bicyclic) bond motifs is 5. The molecule has 4 heterocycles. The van der Waals surface area contributed by atoms with Crippen molar-refractivity contribution >= 4 is 27.8 Å². The van der Waals surface area contributed by atoms with Crippen molar-refractivity contribution in [2.75, 3.05) is 13.7 Å². The lowest BCUT2D eigenvalue weighted by Gasteiger charge is -2.48. The standard InChI is InChI=1S/C32H39N5O2/c1-4-6-20-7-5-8-21-14-27(37(29(20)21)17-19-9-10-19)31-34-26-13-23(15-28(39-3)30(26)35(31)2)32(38)36-18-22-11-12-24(36)16-25(22)33/h5,7-8,13-15,19,22,24-25H,4,6,9-12,16-18,33H2,1-3H3/t22-,24-,25+/m1/s1. The molecule has 7 nitrogen and oxygen atoms in total. The number of para-hydroxylation sites is 1. The van der Waals surface area contributed by atoms with Crippen molar-refractivity contribution in [2.24, 2.45) is 24.6 Å². The van der Waals surface area contributed by atoms with E-state index in [1.54, 1.807) is 7.11 Å². The van der Waals surface area contributed by atoms with Crippen molar-refractivity contribution in [3.63, 3.8) is 0 Å². The van der Waals surface area contributed by atoms with E-state index in [0.29, 0.717) is 17.2 Å². The van der Waals surface area contributed by atoms with Gasteiger partial charge in [-0.3, -0.25) is 4.79 Å². The average Bonchev–Trinajstić information content (AvgIpc) is 3.61. The number of aromatic nitrogens is 3. The van der Waals surface area contributed by atoms with Crippen LogP contribution in [0.25, 0.3) is 33.5 Å². The maximum atomic E-state index is 13.8. The molecule has 39 heavy (non-hydrogen) atoms. The highest BCUT2D eigenvalue weighted by Gasteiger charge is 2.41. The third-order valence-electron chi connectivity index (χ3n) is 9.44. The fourth-order valence-corrected chi connectivity index (χ4v) is 7.20. The lowest BCUT2D eigenvalue weighted by Crippen LogP contribution is -2.58. The molecule has 4 fully saturated rings. The molecule has 0 radical (unpaired) electrons. The minimum atomic E-state index is 0.0658. The molecule has 4 aromatic rings. The van der Waals surface area contributed by atoms with Gasteiger partial charge in [0.05, 0.1) is 23.8 Å². The predicted octanol–water partition coefficient (Wildman–Crippen LogP) is 5.52. The minimum absolute atomic E-state index is 0.0658. The van der Waals surface area contributed by atoms with Crippen LogP contribution in [0, 0.1) is 11.8 Å². The largest absolute Gasteiger partial charge is 0.494 e. The number of ether oxygens (including phenoxy) is 1. The van der Waals surface area contributed by atoms with E-state index >= 15 is 0 Å². The van der Waals surface area contributed by atoms with Crippen LogP contribution in [0.2, 0.25) is 0 Å². The number of nitrogens with two attached hydrogens (primary N) is 1. The van der Waals surface area contributed by atoms with Gasteiger partial charge < -0.3 is 24.5 Å². The summed E-state index contributed by atoms with van der Waals surface area (Å²) in [5, 5.41) is 1.27. The SMILES string of the molecule is CCCc1cccc2cc(-c3nc4cc(C(=O)N5C[C@H]6CC[C@@H]5C[C@@H]6N)cc(OC)c4n3C)n(CC3CC3)c12. The Labute approximate surface area is 229 Å². The molecule has 4 aliphatic rings. The second-order valence-corrected chi connectivity index (χ2v) is 12.1. The Hall–Kier alpha value is -3.32. The summed E-state index contributed by atoms with van der Waals surface area (Å²) in [6, 6.07) is 13.3. The number of hydrogen-bond donors (Lipinski definition) is 1. The molecule has 2 saturated heterocycles. The molecule has 204 valence electrons. The van der Waals surface area contributed by atoms with Gasteiger partial charge in [0.15, 0.2) is 5.82 Å². The van der Waals surface area contributed by atoms with Crippen LogP contribution in [0.1, 0.15) is 61.4 Å². The summed E-state index contributed by atoms with van der Waals surface area (Å²) < 4.78 is 10.5. The van der Waals surface area contributed by atoms with Crippen molar-refractivity contribution < 1.29 is 9.53 Å². The number of imidazole rings is 1. The second kappa shape index (κ2) is 9.40. The fraction of sp³-hybridized carbons (Fsp3) is 0.500. The summed E-state index contributed by atoms with van der Waals surface area (Å²) in [5.41, 5.74) is 12.6. The Balaban J connectivity index is 1.34. The number of aryl methyl sites for hydroxylation is 2. The molecule has 1 amide bonds. The van der Waals surface area contributed by atoms with Gasteiger partial charge in [-0.15, -0.1) is 0 Å². The number of benzene rings is 2. The summed E-state index contributed by atoms with van der Waals surface area (Å²) in [6.07, 6.45) is 7.83. The van der Waals surface area contributed by atoms with Crippen molar-refractivity contribution in [1.29, 1.82) is 0 Å². The van der Waals surface area contributed by atoms with E-state index in [2.05, 4.69) is 47.4 Å². The Morgan fingerprint density at radius 2 is 1.97 bits per heavy atom. The van der Waals surface area contributed by atoms with Gasteiger partial charge in [0.25, 0.3) is 5.91 Å². The van der Waals surface area contributed by atoms with Crippen LogP contribution in [-0.2, 0) is 20.0 Å². The highest BCUT2D eigenvalue weighted by atomic mass is 16.5. The number of hydrogen-bond acceptors (Lipinski definition) is 4. The molecule has 2 N–H and O–H groups in total. The highest BCUT2D eigenvalue weighted by molar-refractivity contribution is 6.00. The van der Waals surface area contributed by atoms with Crippen molar-refractivity contribution in [3.8, 4) is 17.3 Å². The Morgan fingerprint density at radius 1 is 1.13 bits per heavy atom. The lowest BCUT2D eigenvalue weighted by atomic mass is 9.76. The summed E-state index contributed by atoms with van der Waals surface area (Å²) in [4.78, 5) is 21.0. The topological polar surface area (TPSA) is 78.3 Å². The minimum Gasteiger partial charge on any atom is -0.494 e. The van der Waals surface area contributed by atoms with Crippen LogP contribution in [0.3, 0.4) is 0 Å². The van der Waals surface area contributed by atoms with Gasteiger partial charge in [-0.2, -0.15) is 0 Å². The number of methoxy groups -OCH3 is 1. The molecular weight excluding hydrogens is 486 g/mol. The van der Waals surface area contributed by atoms with Gasteiger partial charge in [0.2, 0.25) is 0 Å². The monoisotopic (exact) mass is 525 g/mol. The molecule has 8 rings (SSSR count). The molecule has 2 aromatic carbocycles. The van der Waals surface area contributed by atoms with Crippen LogP contribution in [0.4, 0.5) is 0 Å². The maximum absolute atomic E-state index is 13.8. The van der Waals surface area contributed by atoms with E-state index < -0.39 is 0 Å². The van der Waals surface area contributed by atoms with Gasteiger partial charge in [-0.25, -0.2) is 4.98 Å². The van der Waals surface area contributed by atoms with Crippen molar-refractivity contribution in [2.45, 2.75) is 70.5 Å². The number of rotatable bonds is 7. The van der Waals surface area contributed by atoms with Gasteiger partial charge in [0.1, 0.15) is 11.3 Å². The van der Waals surface area contributed by atoms with E-state index in [-0.39, 0.29) is 18.0 Å². The molecule has 2 aliphatic heterocycles. The maximum Gasteiger partial charge on any atom is 0.254 e. The van der Waals surface area contributed by atoms with Crippen LogP contribution >= 0.6 is 0 Å². The summed E-state index contributed by atoms with van der Waals surface area (Å²) in [7, 11) is 3.74. The molecule has 2 aliphatic carbocycles. The van der Waals surface area contributed by atoms with Crippen LogP contribution in [0.15, 0.2) is 36.4 Å². The van der Waals surface area contributed by atoms with E-state index in [0.717, 1.165) is 73.7 Å². The first-order chi connectivity index (χ1) is 19.0. The van der Waals surface area contributed by atoms with Gasteiger partial charge >= 0.3 is 0 Å². The summed E-state index contributed by atoms with van der Waals surface area (Å²) >= 11 is 0. The Bertz CT molecular complexity index is 1580. The van der Waals surface area contributed by atoms with Crippen molar-refractivity contribution in [3.05, 3.63) is 47.5 Å². The average molecular weight is 526 g/mol. The van der Waals surface area contributed by atoms with E-state index in [1.165, 1.54) is 29.3 Å². The molecule has 2 saturated carbocycles. The van der Waals surface area contributed by atoms with Gasteiger partial charge in [0, 0.05) is 43.2 Å². The third-order valence-corrected chi connectivity index (χ3v) is 9.44. The molecular formula is C32H39N5O2. The first-order valence-electron chi connectivity index (χ1n) is 14.7. The molecule has 2 bridgehead atoms. The number of piperidine rings is 2. The fourth-order valence-electron chi connectivity index (χ4n) is 7.20. The Morgan fingerprint density at radius 3 is 2.67 bits per heavy atom. The molecule has 0 spiro atoms. The lowest BCUT2D eigenvalue weighted by molar-refractivity contribution is 0.0261. The zero-order chi connectivity index (χ0) is 26.8. The first-order valence-corrected chi connectivity index (χ1v) is 14.7. The van der Waals surface area contributed by atoms with E-state index in [4.69, 9.17) is 15.5 Å². The molecule has 0 unspecified atom stereocenters. The first kappa shape index (κ1) is 24.7. The third kappa shape index (κ3) is 4.05. The number of carbonyl (C=O) groups is 1. The summed E-state index contributed by atoms with van der Waals surface area (Å²) in [5.74, 6) is 2.80. The van der Waals surface area contributed by atoms with Crippen LogP contribution in [-0.4, -0.2) is 50.7 Å².